The van der Waals surface area contributed by atoms with Crippen LogP contribution in [0.25, 0.3) is 32.9 Å². The minimum atomic E-state index is -0.590. The maximum absolute atomic E-state index is 13.9. The molecule has 5 fully saturated rings. The Morgan fingerprint density at radius 3 is 1.25 bits per heavy atom. The predicted molar refractivity (Wildman–Crippen MR) is 427 cm³/mol. The number of rotatable bonds is 21. The number of methoxy groups -OCH3 is 4. The van der Waals surface area contributed by atoms with Crippen molar-refractivity contribution in [2.45, 2.75) is 206 Å². The molecule has 0 radical (unpaired) electrons. The van der Waals surface area contributed by atoms with Crippen molar-refractivity contribution in [1.29, 1.82) is 0 Å². The highest BCUT2D eigenvalue weighted by Gasteiger charge is 2.38. The number of furan rings is 3. The van der Waals surface area contributed by atoms with Crippen LogP contribution in [0.5, 0.6) is 23.0 Å². The molecule has 23 nitrogen and oxygen atoms in total. The van der Waals surface area contributed by atoms with Gasteiger partial charge in [0.2, 0.25) is 0 Å². The minimum Gasteiger partial charge on any atom is -0.493 e. The molecule has 4 atom stereocenters. The second-order valence-corrected chi connectivity index (χ2v) is 32.3. The third-order valence-corrected chi connectivity index (χ3v) is 20.5. The number of carbonyl (C=O) groups excluding carboxylic acids is 5. The van der Waals surface area contributed by atoms with Crippen LogP contribution in [0.4, 0.5) is 14.4 Å². The topological polar surface area (TPSA) is 247 Å². The van der Waals surface area contributed by atoms with Crippen molar-refractivity contribution in [2.24, 2.45) is 11.7 Å². The zero-order valence-corrected chi connectivity index (χ0v) is 67.1. The van der Waals surface area contributed by atoms with E-state index in [-0.39, 0.29) is 54.8 Å². The van der Waals surface area contributed by atoms with E-state index in [0.29, 0.717) is 85.2 Å². The van der Waals surface area contributed by atoms with Crippen molar-refractivity contribution in [3.63, 3.8) is 0 Å². The van der Waals surface area contributed by atoms with Gasteiger partial charge >= 0.3 is 18.3 Å². The minimum absolute atomic E-state index is 0.0130. The summed E-state index contributed by atoms with van der Waals surface area (Å²) in [6.45, 7) is 25.0. The molecule has 5 aromatic carbocycles. The van der Waals surface area contributed by atoms with E-state index >= 15 is 0 Å². The van der Waals surface area contributed by atoms with Crippen LogP contribution in [0.2, 0.25) is 0 Å². The number of para-hydroxylation sites is 3. The van der Waals surface area contributed by atoms with Crippen LogP contribution in [-0.4, -0.2) is 188 Å². The number of carbonyl (C=O) groups is 5. The predicted octanol–water partition coefficient (Wildman–Crippen LogP) is 16.9. The SMILES string of the molecule is CC(C)(C)OC(=O)N1CCC[C@H]1CN.CC(C)(C)OC(=O)N1CCC[C@H]1CNCc1cc2ccccc2o1.COc1ccc(C(=O)N(Cc2cc3ccccc3o2)C[C@@H]2CCCN2C(=O)OC(C)(C)C)cc1OC.COc1ccc(C(=O)N(Cc2cc3ccccc3o2)C[C@@H]2CCCN2CC2CCCCC2)cc1OC. The highest BCUT2D eigenvalue weighted by molar-refractivity contribution is 5.96. The van der Waals surface area contributed by atoms with Crippen molar-refractivity contribution in [2.75, 3.05) is 87.3 Å². The summed E-state index contributed by atoms with van der Waals surface area (Å²) in [5.41, 5.74) is 7.70. The van der Waals surface area contributed by atoms with Gasteiger partial charge in [0.25, 0.3) is 11.8 Å². The number of amides is 5. The van der Waals surface area contributed by atoms with Gasteiger partial charge in [-0.3, -0.25) is 14.5 Å². The van der Waals surface area contributed by atoms with E-state index < -0.39 is 16.8 Å². The number of hydrogen-bond acceptors (Lipinski definition) is 18. The Labute approximate surface area is 649 Å². The maximum atomic E-state index is 13.9. The molecule has 3 N–H and O–H groups in total. The molecule has 0 unspecified atom stereocenters. The summed E-state index contributed by atoms with van der Waals surface area (Å²) in [4.78, 5) is 76.1. The average molecular weight is 1520 g/mol. The standard InChI is InChI=1S/C30H38N2O4.C28H34N2O6.C19H26N2O3.C10H20N2O2/c1-34-28-15-14-24(18-29(28)35-2)30(33)32(21-26-17-23-11-6-7-13-27(23)36-26)20-25-12-8-16-31(25)19-22-9-4-3-5-10-22;1-28(2,3)36-27(32)30-14-8-10-21(30)17-29(18-22-15-19-9-6-7-11-23(19)35-22)26(31)20-12-13-24(33-4)25(16-20)34-5;1-19(2,3)24-18(22)21-10-6-8-15(21)12-20-13-16-11-14-7-4-5-9-17(14)23-16;1-10(2,3)14-9(13)12-6-4-5-8(12)7-11/h6-7,11,13-15,17-18,22,25H,3-5,8-10,12,16,19-21H2,1-2H3;6-7,9,11-13,15-16,21H,8,10,14,17-18H2,1-5H3;4-5,7,9,11,15,20H,6,8,10,12-13H2,1-3H3;8H,4-7,11H2,1-3H3/t25-;21-;15-;8-/m0000/s1. The Kier molecular flexibility index (Phi) is 29.0. The Morgan fingerprint density at radius 2 is 0.818 bits per heavy atom. The number of hydrogen-bond donors (Lipinski definition) is 2. The summed E-state index contributed by atoms with van der Waals surface area (Å²) in [6, 6.07) is 40.9. The molecular formula is C87H118N8O15. The van der Waals surface area contributed by atoms with Gasteiger partial charge in [-0.1, -0.05) is 73.9 Å². The molecular weight excluding hydrogens is 1400 g/mol. The Balaban J connectivity index is 0.000000164. The summed E-state index contributed by atoms with van der Waals surface area (Å²) < 4.78 is 56.0. The number of nitrogens with zero attached hydrogens (tertiary/aromatic N) is 6. The number of likely N-dealkylation sites (tertiary alicyclic amines) is 4. The molecule has 5 amide bonds. The largest absolute Gasteiger partial charge is 0.493 e. The van der Waals surface area contributed by atoms with Crippen molar-refractivity contribution >= 4 is 63.0 Å². The molecule has 1 saturated carbocycles. The van der Waals surface area contributed by atoms with E-state index in [9.17, 15) is 24.0 Å². The van der Waals surface area contributed by atoms with Crippen LogP contribution >= 0.6 is 0 Å². The van der Waals surface area contributed by atoms with Gasteiger partial charge in [0.1, 0.15) is 50.8 Å². The third-order valence-electron chi connectivity index (χ3n) is 20.5. The van der Waals surface area contributed by atoms with Crippen LogP contribution in [0, 0.1) is 5.92 Å². The quantitative estimate of drug-likeness (QED) is 0.0635. The molecule has 1 aliphatic carbocycles. The molecule has 4 saturated heterocycles. The number of nitrogens with two attached hydrogens (primary N) is 1. The van der Waals surface area contributed by atoms with Gasteiger partial charge in [0.05, 0.1) is 54.1 Å². The van der Waals surface area contributed by atoms with Gasteiger partial charge in [-0.05, 0) is 212 Å². The Morgan fingerprint density at radius 1 is 0.436 bits per heavy atom. The van der Waals surface area contributed by atoms with E-state index in [1.807, 2.05) is 157 Å². The second kappa shape index (κ2) is 38.5. The van der Waals surface area contributed by atoms with Gasteiger partial charge in [0.15, 0.2) is 23.0 Å². The van der Waals surface area contributed by atoms with Crippen molar-refractivity contribution in [3.05, 3.63) is 156 Å². The fourth-order valence-corrected chi connectivity index (χ4v) is 15.2. The first-order valence-corrected chi connectivity index (χ1v) is 39.3. The number of ether oxygens (including phenoxy) is 7. The molecule has 13 rings (SSSR count). The lowest BCUT2D eigenvalue weighted by Gasteiger charge is -2.34. The summed E-state index contributed by atoms with van der Waals surface area (Å²) in [5, 5.41) is 6.56. The van der Waals surface area contributed by atoms with Gasteiger partial charge in [-0.2, -0.15) is 0 Å². The molecule has 3 aromatic heterocycles. The first kappa shape index (κ1) is 83.0. The monoisotopic (exact) mass is 1510 g/mol. The molecule has 8 aromatic rings. The molecule has 4 aliphatic heterocycles. The normalized spacial score (nSPS) is 18.2. The van der Waals surface area contributed by atoms with Crippen LogP contribution in [0.1, 0.15) is 184 Å². The highest BCUT2D eigenvalue weighted by Crippen LogP contribution is 2.35. The zero-order chi connectivity index (χ0) is 78.7. The van der Waals surface area contributed by atoms with E-state index in [1.54, 1.807) is 66.4 Å². The number of nitrogens with one attached hydrogen (secondary N) is 1. The summed E-state index contributed by atoms with van der Waals surface area (Å²) >= 11 is 0. The lowest BCUT2D eigenvalue weighted by molar-refractivity contribution is 0.0184. The molecule has 0 bridgehead atoms. The molecule has 596 valence electrons. The molecule has 7 heterocycles. The van der Waals surface area contributed by atoms with Crippen LogP contribution in [0.3, 0.4) is 0 Å². The summed E-state index contributed by atoms with van der Waals surface area (Å²) in [6.07, 6.45) is 14.0. The Bertz CT molecular complexity index is 4210. The molecule has 110 heavy (non-hydrogen) atoms. The van der Waals surface area contributed by atoms with Gasteiger partial charge in [-0.15, -0.1) is 0 Å². The fraction of sp³-hybridized carbons (Fsp3) is 0.529. The average Bonchev–Trinajstić information content (AvgIpc) is 1.62. The van der Waals surface area contributed by atoms with Gasteiger partial charge < -0.3 is 82.0 Å². The molecule has 5 aliphatic rings. The fourth-order valence-electron chi connectivity index (χ4n) is 15.2. The van der Waals surface area contributed by atoms with E-state index in [4.69, 9.17) is 52.1 Å². The number of fused-ring (bicyclic) bond motifs is 3. The van der Waals surface area contributed by atoms with Crippen LogP contribution < -0.4 is 30.0 Å². The van der Waals surface area contributed by atoms with Crippen molar-refractivity contribution in [1.82, 2.24) is 34.7 Å². The van der Waals surface area contributed by atoms with Gasteiger partial charge in [0, 0.05) is 97.8 Å². The Hall–Kier alpha value is -9.45. The highest BCUT2D eigenvalue weighted by atomic mass is 16.6. The maximum Gasteiger partial charge on any atom is 0.410 e. The van der Waals surface area contributed by atoms with Gasteiger partial charge in [-0.25, -0.2) is 14.4 Å². The summed E-state index contributed by atoms with van der Waals surface area (Å²) in [5.74, 6) is 5.19. The first-order valence-electron chi connectivity index (χ1n) is 39.3. The van der Waals surface area contributed by atoms with E-state index in [0.717, 1.165) is 128 Å². The van der Waals surface area contributed by atoms with E-state index in [2.05, 4.69) is 22.3 Å². The lowest BCUT2D eigenvalue weighted by Crippen LogP contribution is -2.46. The zero-order valence-electron chi connectivity index (χ0n) is 67.1. The lowest BCUT2D eigenvalue weighted by atomic mass is 9.89. The smallest absolute Gasteiger partial charge is 0.410 e. The van der Waals surface area contributed by atoms with Crippen LogP contribution in [0.15, 0.2) is 141 Å². The van der Waals surface area contributed by atoms with Crippen molar-refractivity contribution < 1.29 is 70.4 Å². The van der Waals surface area contributed by atoms with Crippen LogP contribution in [-0.2, 0) is 33.8 Å². The molecule has 23 heteroatoms. The van der Waals surface area contributed by atoms with Crippen molar-refractivity contribution in [3.8, 4) is 23.0 Å². The molecule has 0 spiro atoms. The second-order valence-electron chi connectivity index (χ2n) is 32.3. The van der Waals surface area contributed by atoms with E-state index in [1.165, 1.54) is 45.6 Å². The first-order chi connectivity index (χ1) is 52.7. The summed E-state index contributed by atoms with van der Waals surface area (Å²) in [7, 11) is 6.29. The number of benzene rings is 5. The third kappa shape index (κ3) is 23.3.